The Hall–Kier alpha value is -4.11. The SMILES string of the molecule is Cc1ccc2oc(-c3cc(NC(=S)NC(=O)c4ccc5c(c4)OCO5)ccc3O)nc2c1. The Morgan fingerprint density at radius 2 is 1.91 bits per heavy atom. The highest BCUT2D eigenvalue weighted by molar-refractivity contribution is 7.80. The minimum atomic E-state index is -0.394. The van der Waals surface area contributed by atoms with E-state index in [1.54, 1.807) is 30.3 Å². The largest absolute Gasteiger partial charge is 0.507 e. The van der Waals surface area contributed by atoms with Crippen molar-refractivity contribution in [1.82, 2.24) is 10.3 Å². The third-order valence-electron chi connectivity index (χ3n) is 4.89. The number of hydrogen-bond acceptors (Lipinski definition) is 7. The van der Waals surface area contributed by atoms with Crippen LogP contribution in [0.15, 0.2) is 59.0 Å². The fourth-order valence-corrected chi connectivity index (χ4v) is 3.52. The molecule has 160 valence electrons. The average molecular weight is 447 g/mol. The molecule has 1 aromatic heterocycles. The van der Waals surface area contributed by atoms with Crippen molar-refractivity contribution in [3.05, 3.63) is 65.7 Å². The van der Waals surface area contributed by atoms with Gasteiger partial charge in [-0.2, -0.15) is 0 Å². The van der Waals surface area contributed by atoms with Crippen molar-refractivity contribution in [2.75, 3.05) is 12.1 Å². The lowest BCUT2D eigenvalue weighted by molar-refractivity contribution is 0.0977. The standard InChI is InChI=1S/C23H17N3O5S/c1-12-2-6-18-16(8-12)25-22(31-18)15-10-14(4-5-17(15)27)24-23(32)26-21(28)13-3-7-19-20(9-13)30-11-29-19/h2-10,27H,11H2,1H3,(H2,24,26,28,32). The summed E-state index contributed by atoms with van der Waals surface area (Å²) < 4.78 is 16.3. The summed E-state index contributed by atoms with van der Waals surface area (Å²) in [6, 6.07) is 15.3. The molecule has 4 aromatic rings. The number of nitrogens with zero attached hydrogens (tertiary/aromatic N) is 1. The summed E-state index contributed by atoms with van der Waals surface area (Å²) in [6.45, 7) is 2.10. The molecule has 0 spiro atoms. The molecule has 0 saturated heterocycles. The summed E-state index contributed by atoms with van der Waals surface area (Å²) in [5.74, 6) is 0.992. The molecular formula is C23H17N3O5S. The maximum atomic E-state index is 12.5. The first-order valence-electron chi connectivity index (χ1n) is 9.69. The number of benzene rings is 3. The van der Waals surface area contributed by atoms with Crippen LogP contribution < -0.4 is 20.1 Å². The molecule has 0 saturated carbocycles. The van der Waals surface area contributed by atoms with Gasteiger partial charge in [-0.3, -0.25) is 10.1 Å². The lowest BCUT2D eigenvalue weighted by atomic mass is 10.1. The number of nitrogens with one attached hydrogen (secondary N) is 2. The highest BCUT2D eigenvalue weighted by Crippen LogP contribution is 2.34. The summed E-state index contributed by atoms with van der Waals surface area (Å²) in [7, 11) is 0. The number of fused-ring (bicyclic) bond motifs is 2. The smallest absolute Gasteiger partial charge is 0.257 e. The molecule has 1 aliphatic rings. The zero-order chi connectivity index (χ0) is 22.2. The van der Waals surface area contributed by atoms with Gasteiger partial charge in [0.05, 0.1) is 5.56 Å². The maximum Gasteiger partial charge on any atom is 0.257 e. The number of hydrogen-bond donors (Lipinski definition) is 3. The Balaban J connectivity index is 1.33. The van der Waals surface area contributed by atoms with Gasteiger partial charge in [-0.15, -0.1) is 0 Å². The van der Waals surface area contributed by atoms with Gasteiger partial charge in [0.25, 0.3) is 5.91 Å². The zero-order valence-electron chi connectivity index (χ0n) is 16.8. The van der Waals surface area contributed by atoms with Crippen LogP contribution in [0.25, 0.3) is 22.6 Å². The number of carbonyl (C=O) groups is 1. The lowest BCUT2D eigenvalue weighted by Gasteiger charge is -2.11. The summed E-state index contributed by atoms with van der Waals surface area (Å²) >= 11 is 5.27. The number of rotatable bonds is 3. The van der Waals surface area contributed by atoms with Crippen LogP contribution in [0.3, 0.4) is 0 Å². The molecular weight excluding hydrogens is 430 g/mol. The van der Waals surface area contributed by atoms with Crippen LogP contribution in [0.5, 0.6) is 17.2 Å². The molecule has 0 atom stereocenters. The highest BCUT2D eigenvalue weighted by atomic mass is 32.1. The molecule has 0 radical (unpaired) electrons. The molecule has 1 aliphatic heterocycles. The molecule has 0 bridgehead atoms. The Kier molecular flexibility index (Phi) is 4.87. The first-order valence-corrected chi connectivity index (χ1v) is 10.1. The van der Waals surface area contributed by atoms with Gasteiger partial charge in [0.1, 0.15) is 11.3 Å². The van der Waals surface area contributed by atoms with Crippen molar-refractivity contribution in [2.45, 2.75) is 6.92 Å². The Bertz CT molecular complexity index is 1380. The van der Waals surface area contributed by atoms with Crippen LogP contribution in [0, 0.1) is 6.92 Å². The fraction of sp³-hybridized carbons (Fsp3) is 0.0870. The number of ether oxygens (including phenoxy) is 2. The van der Waals surface area contributed by atoms with Gasteiger partial charge >= 0.3 is 0 Å². The van der Waals surface area contributed by atoms with Crippen LogP contribution in [-0.4, -0.2) is 27.9 Å². The number of amides is 1. The van der Waals surface area contributed by atoms with E-state index >= 15 is 0 Å². The summed E-state index contributed by atoms with van der Waals surface area (Å²) in [4.78, 5) is 17.0. The van der Waals surface area contributed by atoms with Crippen molar-refractivity contribution in [2.24, 2.45) is 0 Å². The van der Waals surface area contributed by atoms with E-state index in [0.29, 0.717) is 39.4 Å². The Labute approximate surface area is 187 Å². The number of oxazole rings is 1. The zero-order valence-corrected chi connectivity index (χ0v) is 17.7. The molecule has 32 heavy (non-hydrogen) atoms. The predicted octanol–water partition coefficient (Wildman–Crippen LogP) is 4.36. The number of anilines is 1. The van der Waals surface area contributed by atoms with Crippen molar-refractivity contribution >= 4 is 40.0 Å². The third-order valence-corrected chi connectivity index (χ3v) is 5.09. The van der Waals surface area contributed by atoms with Gasteiger partial charge in [-0.05, 0) is 73.2 Å². The van der Waals surface area contributed by atoms with Crippen molar-refractivity contribution in [3.8, 4) is 28.7 Å². The van der Waals surface area contributed by atoms with Crippen LogP contribution >= 0.6 is 12.2 Å². The second kappa shape index (κ2) is 7.86. The molecule has 3 aromatic carbocycles. The predicted molar refractivity (Wildman–Crippen MR) is 122 cm³/mol. The van der Waals surface area contributed by atoms with Gasteiger partial charge in [0.15, 0.2) is 22.2 Å². The fourth-order valence-electron chi connectivity index (χ4n) is 3.31. The minimum Gasteiger partial charge on any atom is -0.507 e. The maximum absolute atomic E-state index is 12.5. The topological polar surface area (TPSA) is 106 Å². The number of phenolic OH excluding ortho intramolecular Hbond substituents is 1. The van der Waals surface area contributed by atoms with Gasteiger partial charge in [0, 0.05) is 11.3 Å². The van der Waals surface area contributed by atoms with E-state index in [1.807, 2.05) is 25.1 Å². The molecule has 8 nitrogen and oxygen atoms in total. The number of carbonyl (C=O) groups excluding carboxylic acids is 1. The van der Waals surface area contributed by atoms with Crippen LogP contribution in [0.1, 0.15) is 15.9 Å². The summed E-state index contributed by atoms with van der Waals surface area (Å²) in [5, 5.41) is 16.0. The second-order valence-corrected chi connectivity index (χ2v) is 7.61. The second-order valence-electron chi connectivity index (χ2n) is 7.20. The average Bonchev–Trinajstić information content (AvgIpc) is 3.40. The quantitative estimate of drug-likeness (QED) is 0.314. The van der Waals surface area contributed by atoms with E-state index < -0.39 is 5.91 Å². The third kappa shape index (κ3) is 3.81. The number of aromatic hydroxyl groups is 1. The van der Waals surface area contributed by atoms with E-state index in [9.17, 15) is 9.90 Å². The monoisotopic (exact) mass is 447 g/mol. The van der Waals surface area contributed by atoms with E-state index in [1.165, 1.54) is 6.07 Å². The molecule has 1 amide bonds. The van der Waals surface area contributed by atoms with Crippen LogP contribution in [-0.2, 0) is 0 Å². The molecule has 5 rings (SSSR count). The van der Waals surface area contributed by atoms with E-state index in [0.717, 1.165) is 5.56 Å². The van der Waals surface area contributed by atoms with Gasteiger partial charge in [-0.1, -0.05) is 6.07 Å². The molecule has 3 N–H and O–H groups in total. The Morgan fingerprint density at radius 1 is 1.06 bits per heavy atom. The van der Waals surface area contributed by atoms with Crippen LogP contribution in [0.4, 0.5) is 5.69 Å². The van der Waals surface area contributed by atoms with Crippen molar-refractivity contribution < 1.29 is 23.8 Å². The number of phenols is 1. The summed E-state index contributed by atoms with van der Waals surface area (Å²) in [6.07, 6.45) is 0. The van der Waals surface area contributed by atoms with Gasteiger partial charge < -0.3 is 24.3 Å². The van der Waals surface area contributed by atoms with E-state index in [2.05, 4.69) is 15.6 Å². The van der Waals surface area contributed by atoms with E-state index in [-0.39, 0.29) is 23.5 Å². The highest BCUT2D eigenvalue weighted by Gasteiger charge is 2.18. The van der Waals surface area contributed by atoms with E-state index in [4.69, 9.17) is 26.1 Å². The minimum absolute atomic E-state index is 0.00846. The molecule has 9 heteroatoms. The first-order chi connectivity index (χ1) is 15.5. The Morgan fingerprint density at radius 3 is 2.78 bits per heavy atom. The first kappa shape index (κ1) is 19.8. The molecule has 2 heterocycles. The molecule has 0 fully saturated rings. The lowest BCUT2D eigenvalue weighted by Crippen LogP contribution is -2.34. The van der Waals surface area contributed by atoms with Gasteiger partial charge in [-0.25, -0.2) is 4.98 Å². The molecule has 0 aliphatic carbocycles. The normalized spacial score (nSPS) is 12.0. The van der Waals surface area contributed by atoms with Crippen molar-refractivity contribution in [3.63, 3.8) is 0 Å². The van der Waals surface area contributed by atoms with Crippen LogP contribution in [0.2, 0.25) is 0 Å². The van der Waals surface area contributed by atoms with Gasteiger partial charge in [0.2, 0.25) is 12.7 Å². The summed E-state index contributed by atoms with van der Waals surface area (Å²) in [5.41, 5.74) is 3.70. The van der Waals surface area contributed by atoms with Crippen molar-refractivity contribution in [1.29, 1.82) is 0 Å². The number of aromatic nitrogens is 1. The molecule has 0 unspecified atom stereocenters. The number of aryl methyl sites for hydroxylation is 1. The number of thiocarbonyl (C=S) groups is 1.